The van der Waals surface area contributed by atoms with Gasteiger partial charge in [0, 0.05) is 7.05 Å². The fourth-order valence-corrected chi connectivity index (χ4v) is 1.49. The molecule has 0 saturated carbocycles. The van der Waals surface area contributed by atoms with E-state index in [1.165, 1.54) is 14.2 Å². The number of hydrogen-bond acceptors (Lipinski definition) is 3. The number of carboxylic acid groups (broad SMARTS) is 1. The second-order valence-electron chi connectivity index (χ2n) is 3.69. The van der Waals surface area contributed by atoms with Crippen molar-refractivity contribution >= 4 is 12.0 Å². The van der Waals surface area contributed by atoms with Crippen molar-refractivity contribution in [2.24, 2.45) is 0 Å². The monoisotopic (exact) mass is 252 g/mol. The van der Waals surface area contributed by atoms with Crippen molar-refractivity contribution in [1.29, 1.82) is 0 Å². The highest BCUT2D eigenvalue weighted by molar-refractivity contribution is 5.76. The molecule has 1 atom stereocenters. The molecule has 0 spiro atoms. The van der Waals surface area contributed by atoms with Crippen LogP contribution in [0.4, 0.5) is 4.79 Å². The van der Waals surface area contributed by atoms with Gasteiger partial charge in [0.25, 0.3) is 0 Å². The largest absolute Gasteiger partial charge is 0.465 e. The highest BCUT2D eigenvalue weighted by Gasteiger charge is 2.20. The van der Waals surface area contributed by atoms with Gasteiger partial charge in [-0.3, -0.25) is 9.63 Å². The maximum Gasteiger partial charge on any atom is 0.405 e. The van der Waals surface area contributed by atoms with E-state index >= 15 is 0 Å². The van der Waals surface area contributed by atoms with E-state index in [-0.39, 0.29) is 12.3 Å². The van der Waals surface area contributed by atoms with E-state index in [0.29, 0.717) is 0 Å². The first-order valence-corrected chi connectivity index (χ1v) is 5.39. The summed E-state index contributed by atoms with van der Waals surface area (Å²) in [5.41, 5.74) is 0.734. The number of hydrogen-bond donors (Lipinski definition) is 2. The Labute approximate surface area is 105 Å². The normalized spacial score (nSPS) is 11.7. The lowest BCUT2D eigenvalue weighted by Crippen LogP contribution is -2.33. The fraction of sp³-hybridized carbons (Fsp3) is 0.333. The maximum atomic E-state index is 11.7. The zero-order chi connectivity index (χ0) is 13.5. The third-order valence-corrected chi connectivity index (χ3v) is 2.50. The van der Waals surface area contributed by atoms with E-state index in [0.717, 1.165) is 10.6 Å². The molecule has 0 heterocycles. The Bertz CT molecular complexity index is 408. The second-order valence-corrected chi connectivity index (χ2v) is 3.69. The van der Waals surface area contributed by atoms with Gasteiger partial charge in [-0.05, 0) is 5.56 Å². The summed E-state index contributed by atoms with van der Waals surface area (Å²) in [5, 5.41) is 12.2. The van der Waals surface area contributed by atoms with Gasteiger partial charge < -0.3 is 10.4 Å². The number of rotatable bonds is 5. The van der Waals surface area contributed by atoms with Crippen LogP contribution in [0.5, 0.6) is 0 Å². The van der Waals surface area contributed by atoms with Gasteiger partial charge >= 0.3 is 6.09 Å². The Morgan fingerprint density at radius 3 is 2.50 bits per heavy atom. The molecule has 0 radical (unpaired) electrons. The average Bonchev–Trinajstić information content (AvgIpc) is 2.37. The molecule has 6 nitrogen and oxygen atoms in total. The third-order valence-electron chi connectivity index (χ3n) is 2.50. The van der Waals surface area contributed by atoms with E-state index in [1.54, 1.807) is 24.3 Å². The molecule has 0 fully saturated rings. The minimum atomic E-state index is -1.17. The van der Waals surface area contributed by atoms with Gasteiger partial charge in [-0.25, -0.2) is 9.86 Å². The topological polar surface area (TPSA) is 78.9 Å². The lowest BCUT2D eigenvalue weighted by atomic mass is 10.0. The van der Waals surface area contributed by atoms with Crippen LogP contribution in [-0.4, -0.2) is 36.3 Å². The lowest BCUT2D eigenvalue weighted by molar-refractivity contribution is -0.169. The summed E-state index contributed by atoms with van der Waals surface area (Å²) in [6.07, 6.45) is -1.17. The van der Waals surface area contributed by atoms with E-state index in [1.807, 2.05) is 6.07 Å². The fourth-order valence-electron chi connectivity index (χ4n) is 1.49. The van der Waals surface area contributed by atoms with Crippen molar-refractivity contribution in [1.82, 2.24) is 10.4 Å². The van der Waals surface area contributed by atoms with Crippen LogP contribution in [0.15, 0.2) is 30.3 Å². The summed E-state index contributed by atoms with van der Waals surface area (Å²) in [4.78, 5) is 27.2. The molecule has 2 amide bonds. The van der Waals surface area contributed by atoms with E-state index in [4.69, 9.17) is 9.94 Å². The smallest absolute Gasteiger partial charge is 0.405 e. The summed E-state index contributed by atoms with van der Waals surface area (Å²) < 4.78 is 0. The predicted molar refractivity (Wildman–Crippen MR) is 64.7 cm³/mol. The molecule has 0 bridgehead atoms. The third kappa shape index (κ3) is 4.06. The summed E-state index contributed by atoms with van der Waals surface area (Å²) in [6.45, 7) is 0. The first kappa shape index (κ1) is 14.0. The van der Waals surface area contributed by atoms with Crippen LogP contribution in [0.2, 0.25) is 0 Å². The minimum Gasteiger partial charge on any atom is -0.465 e. The summed E-state index contributed by atoms with van der Waals surface area (Å²) >= 11 is 0. The summed E-state index contributed by atoms with van der Waals surface area (Å²) in [6, 6.07) is 8.34. The van der Waals surface area contributed by atoms with Crippen molar-refractivity contribution in [3.63, 3.8) is 0 Å². The molecule has 0 saturated heterocycles. The van der Waals surface area contributed by atoms with Crippen LogP contribution >= 0.6 is 0 Å². The van der Waals surface area contributed by atoms with Crippen molar-refractivity contribution in [3.05, 3.63) is 35.9 Å². The Balaban J connectivity index is 2.80. The molecule has 0 aromatic heterocycles. The molecule has 0 unspecified atom stereocenters. The van der Waals surface area contributed by atoms with Gasteiger partial charge in [0.05, 0.1) is 19.6 Å². The lowest BCUT2D eigenvalue weighted by Gasteiger charge is -2.20. The van der Waals surface area contributed by atoms with Gasteiger partial charge in [-0.15, -0.1) is 0 Å². The van der Waals surface area contributed by atoms with Crippen LogP contribution in [-0.2, 0) is 9.63 Å². The van der Waals surface area contributed by atoms with Crippen molar-refractivity contribution < 1.29 is 19.5 Å². The maximum absolute atomic E-state index is 11.7. The number of hydroxylamine groups is 2. The molecular weight excluding hydrogens is 236 g/mol. The number of nitrogens with one attached hydrogen (secondary N) is 1. The first-order valence-electron chi connectivity index (χ1n) is 5.39. The molecule has 1 aromatic carbocycles. The molecule has 0 aliphatic rings. The predicted octanol–water partition coefficient (Wildman–Crippen LogP) is 1.41. The quantitative estimate of drug-likeness (QED) is 0.776. The highest BCUT2D eigenvalue weighted by atomic mass is 16.7. The molecule has 18 heavy (non-hydrogen) atoms. The van der Waals surface area contributed by atoms with Crippen LogP contribution in [0.3, 0.4) is 0 Å². The number of carbonyl (C=O) groups is 2. The SMILES string of the molecule is CON(C)C(=O)C[C@H](NC(=O)O)c1ccccc1. The summed E-state index contributed by atoms with van der Waals surface area (Å²) in [7, 11) is 2.85. The number of amides is 2. The van der Waals surface area contributed by atoms with Gasteiger partial charge in [0.2, 0.25) is 5.91 Å². The van der Waals surface area contributed by atoms with Crippen LogP contribution < -0.4 is 5.32 Å². The highest BCUT2D eigenvalue weighted by Crippen LogP contribution is 2.17. The van der Waals surface area contributed by atoms with E-state index in [2.05, 4.69) is 5.32 Å². The van der Waals surface area contributed by atoms with Crippen LogP contribution in [0.1, 0.15) is 18.0 Å². The second kappa shape index (κ2) is 6.61. The Morgan fingerprint density at radius 2 is 2.00 bits per heavy atom. The number of benzene rings is 1. The van der Waals surface area contributed by atoms with Crippen LogP contribution in [0.25, 0.3) is 0 Å². The summed E-state index contributed by atoms with van der Waals surface area (Å²) in [5.74, 6) is -0.305. The molecule has 98 valence electrons. The molecule has 2 N–H and O–H groups in total. The molecular formula is C12H16N2O4. The average molecular weight is 252 g/mol. The Hall–Kier alpha value is -2.08. The van der Waals surface area contributed by atoms with E-state index < -0.39 is 12.1 Å². The Kier molecular flexibility index (Phi) is 5.13. The standard InChI is InChI=1S/C12H16N2O4/c1-14(18-2)11(15)8-10(13-12(16)17)9-6-4-3-5-7-9/h3-7,10,13H,8H2,1-2H3,(H,16,17)/t10-/m0/s1. The van der Waals surface area contributed by atoms with Gasteiger partial charge in [0.15, 0.2) is 0 Å². The zero-order valence-corrected chi connectivity index (χ0v) is 10.3. The first-order chi connectivity index (χ1) is 8.54. The van der Waals surface area contributed by atoms with Crippen molar-refractivity contribution in [3.8, 4) is 0 Å². The van der Waals surface area contributed by atoms with Crippen LogP contribution in [0, 0.1) is 0 Å². The van der Waals surface area contributed by atoms with E-state index in [9.17, 15) is 9.59 Å². The minimum absolute atomic E-state index is 0.000648. The van der Waals surface area contributed by atoms with Crippen molar-refractivity contribution in [2.75, 3.05) is 14.2 Å². The molecule has 6 heteroatoms. The zero-order valence-electron chi connectivity index (χ0n) is 10.3. The number of carbonyl (C=O) groups excluding carboxylic acids is 1. The number of nitrogens with zero attached hydrogens (tertiary/aromatic N) is 1. The molecule has 1 aromatic rings. The van der Waals surface area contributed by atoms with Gasteiger partial charge in [-0.2, -0.15) is 0 Å². The van der Waals surface area contributed by atoms with Gasteiger partial charge in [0.1, 0.15) is 0 Å². The molecule has 0 aliphatic carbocycles. The Morgan fingerprint density at radius 1 is 1.39 bits per heavy atom. The van der Waals surface area contributed by atoms with Crippen molar-refractivity contribution in [2.45, 2.75) is 12.5 Å². The molecule has 0 aliphatic heterocycles. The molecule has 1 rings (SSSR count). The van der Waals surface area contributed by atoms with Gasteiger partial charge in [-0.1, -0.05) is 30.3 Å².